The summed E-state index contributed by atoms with van der Waals surface area (Å²) in [6.45, 7) is 2.27. The largest absolute Gasteiger partial charge is 0.496 e. The van der Waals surface area contributed by atoms with Gasteiger partial charge >= 0.3 is 5.63 Å². The third-order valence-corrected chi connectivity index (χ3v) is 3.41. The summed E-state index contributed by atoms with van der Waals surface area (Å²) in [4.78, 5) is 11.6. The summed E-state index contributed by atoms with van der Waals surface area (Å²) in [5.74, 6) is 0.780. The summed E-state index contributed by atoms with van der Waals surface area (Å²) >= 11 is 0. The molecule has 0 N–H and O–H groups in total. The Hall–Kier alpha value is -1.73. The van der Waals surface area contributed by atoms with Gasteiger partial charge in [0.25, 0.3) is 0 Å². The van der Waals surface area contributed by atoms with Gasteiger partial charge in [0.15, 0.2) is 6.29 Å². The fourth-order valence-electron chi connectivity index (χ4n) is 2.39. The minimum atomic E-state index is -0.477. The second kappa shape index (κ2) is 6.15. The molecule has 0 spiro atoms. The lowest BCUT2D eigenvalue weighted by molar-refractivity contribution is -0.137. The second-order valence-corrected chi connectivity index (χ2v) is 4.51. The van der Waals surface area contributed by atoms with E-state index >= 15 is 0 Å². The Morgan fingerprint density at radius 1 is 1.35 bits per heavy atom. The number of methoxy groups -OCH3 is 3. The van der Waals surface area contributed by atoms with Gasteiger partial charge in [0.1, 0.15) is 17.6 Å². The van der Waals surface area contributed by atoms with Crippen LogP contribution < -0.4 is 10.4 Å². The van der Waals surface area contributed by atoms with Crippen LogP contribution in [-0.2, 0) is 9.47 Å². The Kier molecular flexibility index (Phi) is 4.51. The molecular weight excluding hydrogens is 264 g/mol. The summed E-state index contributed by atoms with van der Waals surface area (Å²) in [7, 11) is 4.61. The normalized spacial score (nSPS) is 21.6. The molecule has 2 atom stereocenters. The van der Waals surface area contributed by atoms with Gasteiger partial charge in [-0.1, -0.05) is 0 Å². The zero-order chi connectivity index (χ0) is 14.7. The van der Waals surface area contributed by atoms with E-state index in [9.17, 15) is 4.79 Å². The van der Waals surface area contributed by atoms with Gasteiger partial charge in [-0.15, -0.1) is 0 Å². The molecule has 7 heteroatoms. The molecular formula is C13H18N2O5. The first kappa shape index (κ1) is 14.7. The van der Waals surface area contributed by atoms with E-state index in [0.717, 1.165) is 5.56 Å². The Morgan fingerprint density at radius 3 is 2.65 bits per heavy atom. The van der Waals surface area contributed by atoms with E-state index in [2.05, 4.69) is 10.2 Å². The molecule has 0 aliphatic carbocycles. The first-order valence-electron chi connectivity index (χ1n) is 6.23. The summed E-state index contributed by atoms with van der Waals surface area (Å²) in [5.41, 5.74) is 0.253. The molecule has 20 heavy (non-hydrogen) atoms. The molecule has 0 saturated carbocycles. The molecule has 110 valence electrons. The maximum atomic E-state index is 11.6. The van der Waals surface area contributed by atoms with Gasteiger partial charge in [-0.2, -0.15) is 10.2 Å². The molecule has 0 fully saturated rings. The molecule has 2 heterocycles. The molecule has 0 radical (unpaired) electrons. The molecule has 7 nitrogen and oxygen atoms in total. The number of hydrogen-bond donors (Lipinski definition) is 0. The van der Waals surface area contributed by atoms with Crippen molar-refractivity contribution in [3.63, 3.8) is 0 Å². The highest BCUT2D eigenvalue weighted by atomic mass is 16.7. The van der Waals surface area contributed by atoms with Crippen molar-refractivity contribution in [3.05, 3.63) is 27.8 Å². The smallest absolute Gasteiger partial charge is 0.339 e. The first-order chi connectivity index (χ1) is 9.62. The van der Waals surface area contributed by atoms with Crippen molar-refractivity contribution in [2.24, 2.45) is 16.1 Å². The topological polar surface area (TPSA) is 82.6 Å². The summed E-state index contributed by atoms with van der Waals surface area (Å²) in [5, 5.41) is 8.19. The fourth-order valence-corrected chi connectivity index (χ4v) is 2.39. The lowest BCUT2D eigenvalue weighted by Gasteiger charge is -2.24. The van der Waals surface area contributed by atoms with Crippen molar-refractivity contribution in [2.75, 3.05) is 27.9 Å². The van der Waals surface area contributed by atoms with Crippen LogP contribution >= 0.6 is 0 Å². The molecule has 0 amide bonds. The van der Waals surface area contributed by atoms with Crippen LogP contribution in [-0.4, -0.2) is 34.2 Å². The summed E-state index contributed by atoms with van der Waals surface area (Å²) in [6.07, 6.45) is -0.467. The number of rotatable bonds is 5. The molecule has 1 aromatic rings. The van der Waals surface area contributed by atoms with Crippen LogP contribution in [0.25, 0.3) is 0 Å². The molecule has 1 aliphatic heterocycles. The third-order valence-electron chi connectivity index (χ3n) is 3.41. The highest BCUT2D eigenvalue weighted by Gasteiger charge is 2.38. The zero-order valence-corrected chi connectivity index (χ0v) is 12.0. The highest BCUT2D eigenvalue weighted by Crippen LogP contribution is 2.38. The van der Waals surface area contributed by atoms with Crippen molar-refractivity contribution in [1.82, 2.24) is 0 Å². The van der Waals surface area contributed by atoms with Crippen molar-refractivity contribution in [1.29, 1.82) is 0 Å². The Morgan fingerprint density at radius 2 is 2.05 bits per heavy atom. The first-order valence-corrected chi connectivity index (χ1v) is 6.23. The Bertz CT molecular complexity index is 550. The molecule has 0 aromatic carbocycles. The average Bonchev–Trinajstić information content (AvgIpc) is 2.91. The van der Waals surface area contributed by atoms with Crippen molar-refractivity contribution < 1.29 is 18.6 Å². The number of nitrogens with zero attached hydrogens (tertiary/aromatic N) is 2. The molecule has 1 aliphatic rings. The van der Waals surface area contributed by atoms with E-state index in [1.807, 2.05) is 6.92 Å². The predicted octanol–water partition coefficient (Wildman–Crippen LogP) is 1.70. The Labute approximate surface area is 116 Å². The quantitative estimate of drug-likeness (QED) is 0.767. The van der Waals surface area contributed by atoms with E-state index in [0.29, 0.717) is 18.1 Å². The van der Waals surface area contributed by atoms with Crippen LogP contribution in [0.2, 0.25) is 0 Å². The fraction of sp³-hybridized carbons (Fsp3) is 0.615. The summed E-state index contributed by atoms with van der Waals surface area (Å²) in [6, 6.07) is 0.895. The van der Waals surface area contributed by atoms with Crippen molar-refractivity contribution in [2.45, 2.75) is 19.3 Å². The lowest BCUT2D eigenvalue weighted by Crippen LogP contribution is -2.30. The van der Waals surface area contributed by atoms with Gasteiger partial charge < -0.3 is 18.6 Å². The second-order valence-electron chi connectivity index (χ2n) is 4.51. The van der Waals surface area contributed by atoms with E-state index < -0.39 is 18.0 Å². The third kappa shape index (κ3) is 2.59. The van der Waals surface area contributed by atoms with Crippen LogP contribution in [0.5, 0.6) is 5.75 Å². The van der Waals surface area contributed by atoms with Gasteiger partial charge in [-0.05, 0) is 6.92 Å². The van der Waals surface area contributed by atoms with Crippen LogP contribution in [0.1, 0.15) is 17.4 Å². The van der Waals surface area contributed by atoms with Gasteiger partial charge in [-0.25, -0.2) is 4.79 Å². The van der Waals surface area contributed by atoms with E-state index in [-0.39, 0.29) is 5.92 Å². The lowest BCUT2D eigenvalue weighted by atomic mass is 9.96. The van der Waals surface area contributed by atoms with E-state index in [1.165, 1.54) is 13.2 Å². The average molecular weight is 282 g/mol. The number of azo groups is 1. The van der Waals surface area contributed by atoms with Gasteiger partial charge in [0.2, 0.25) is 0 Å². The predicted molar refractivity (Wildman–Crippen MR) is 70.0 cm³/mol. The maximum absolute atomic E-state index is 11.6. The van der Waals surface area contributed by atoms with Crippen molar-refractivity contribution in [3.8, 4) is 5.75 Å². The molecule has 0 saturated heterocycles. The molecule has 2 rings (SSSR count). The maximum Gasteiger partial charge on any atom is 0.339 e. The highest BCUT2D eigenvalue weighted by molar-refractivity contribution is 5.34. The Balaban J connectivity index is 2.42. The van der Waals surface area contributed by atoms with Crippen LogP contribution in [0.15, 0.2) is 25.5 Å². The van der Waals surface area contributed by atoms with Crippen LogP contribution in [0.3, 0.4) is 0 Å². The van der Waals surface area contributed by atoms with Gasteiger partial charge in [0, 0.05) is 19.8 Å². The van der Waals surface area contributed by atoms with Crippen LogP contribution in [0.4, 0.5) is 0 Å². The summed E-state index contributed by atoms with van der Waals surface area (Å²) < 4.78 is 21.0. The molecule has 1 aromatic heterocycles. The van der Waals surface area contributed by atoms with E-state index in [1.54, 1.807) is 14.2 Å². The minimum Gasteiger partial charge on any atom is -0.496 e. The SMILES string of the molecule is COc1cc(=O)oc(C2N=NCC2C(OC)OC)c1C. The van der Waals surface area contributed by atoms with Gasteiger partial charge in [0.05, 0.1) is 25.6 Å². The van der Waals surface area contributed by atoms with Gasteiger partial charge in [-0.3, -0.25) is 0 Å². The minimum absolute atomic E-state index is 0.140. The molecule has 0 bridgehead atoms. The molecule has 2 unspecified atom stereocenters. The standard InChI is InChI=1S/C13H18N2O5/c1-7-9(17-2)5-10(16)20-12(7)11-8(6-14-15-11)13(18-3)19-4/h5,8,11,13H,6H2,1-4H3. The monoisotopic (exact) mass is 282 g/mol. The van der Waals surface area contributed by atoms with Crippen molar-refractivity contribution >= 4 is 0 Å². The zero-order valence-electron chi connectivity index (χ0n) is 12.0. The number of hydrogen-bond acceptors (Lipinski definition) is 7. The van der Waals surface area contributed by atoms with Crippen LogP contribution in [0, 0.1) is 12.8 Å². The van der Waals surface area contributed by atoms with E-state index in [4.69, 9.17) is 18.6 Å². The number of ether oxygens (including phenoxy) is 3.